The summed E-state index contributed by atoms with van der Waals surface area (Å²) in [6, 6.07) is 15.9. The molecular weight excluding hydrogens is 264 g/mol. The van der Waals surface area contributed by atoms with E-state index >= 15 is 0 Å². The van der Waals surface area contributed by atoms with Gasteiger partial charge in [0.15, 0.2) is 0 Å². The highest BCUT2D eigenvalue weighted by atomic mass is 16.3. The van der Waals surface area contributed by atoms with Gasteiger partial charge in [-0.15, -0.1) is 0 Å². The second kappa shape index (κ2) is 5.68. The molecule has 0 aliphatic rings. The molecule has 108 valence electrons. The fourth-order valence-electron chi connectivity index (χ4n) is 2.53. The van der Waals surface area contributed by atoms with Crippen molar-refractivity contribution < 1.29 is 10.2 Å². The Hall–Kier alpha value is -2.17. The fraction of sp³-hybridized carbons (Fsp3) is 0.235. The van der Waals surface area contributed by atoms with Gasteiger partial charge in [-0.1, -0.05) is 35.9 Å². The Morgan fingerprint density at radius 3 is 2.71 bits per heavy atom. The van der Waals surface area contributed by atoms with Crippen molar-refractivity contribution in [1.29, 1.82) is 0 Å². The Balaban J connectivity index is 2.18. The molecule has 2 aromatic carbocycles. The van der Waals surface area contributed by atoms with E-state index in [1.54, 1.807) is 0 Å². The Morgan fingerprint density at radius 2 is 1.95 bits per heavy atom. The van der Waals surface area contributed by atoms with Crippen molar-refractivity contribution in [3.8, 4) is 11.4 Å². The van der Waals surface area contributed by atoms with Gasteiger partial charge >= 0.3 is 0 Å². The highest BCUT2D eigenvalue weighted by molar-refractivity contribution is 5.80. The summed E-state index contributed by atoms with van der Waals surface area (Å²) in [5.41, 5.74) is 4.02. The molecule has 0 bridgehead atoms. The van der Waals surface area contributed by atoms with Gasteiger partial charge in [0.1, 0.15) is 5.82 Å². The summed E-state index contributed by atoms with van der Waals surface area (Å²) in [6.07, 6.45) is -0.800. The van der Waals surface area contributed by atoms with Crippen LogP contribution in [0.3, 0.4) is 0 Å². The first kappa shape index (κ1) is 13.8. The van der Waals surface area contributed by atoms with Gasteiger partial charge in [0.25, 0.3) is 0 Å². The summed E-state index contributed by atoms with van der Waals surface area (Å²) < 4.78 is 1.96. The van der Waals surface area contributed by atoms with Crippen molar-refractivity contribution in [3.05, 3.63) is 54.1 Å². The van der Waals surface area contributed by atoms with Crippen molar-refractivity contribution in [3.63, 3.8) is 0 Å². The molecule has 0 unspecified atom stereocenters. The van der Waals surface area contributed by atoms with Gasteiger partial charge in [0.05, 0.1) is 30.3 Å². The van der Waals surface area contributed by atoms with Crippen LogP contribution in [0.15, 0.2) is 48.5 Å². The number of nitrogens with zero attached hydrogens (tertiary/aromatic N) is 2. The molecule has 0 aliphatic carbocycles. The predicted octanol–water partition coefficient (Wildman–Crippen LogP) is 2.36. The number of benzene rings is 2. The minimum atomic E-state index is -0.800. The van der Waals surface area contributed by atoms with E-state index in [4.69, 9.17) is 5.11 Å². The van der Waals surface area contributed by atoms with Crippen LogP contribution in [0.4, 0.5) is 0 Å². The highest BCUT2D eigenvalue weighted by Crippen LogP contribution is 2.25. The smallest absolute Gasteiger partial charge is 0.141 e. The van der Waals surface area contributed by atoms with E-state index in [1.807, 2.05) is 54.0 Å². The Kier molecular flexibility index (Phi) is 3.73. The molecule has 21 heavy (non-hydrogen) atoms. The second-order valence-electron chi connectivity index (χ2n) is 5.24. The third kappa shape index (κ3) is 2.68. The average molecular weight is 282 g/mol. The van der Waals surface area contributed by atoms with Gasteiger partial charge in [-0.2, -0.15) is 0 Å². The number of fused-ring (bicyclic) bond motifs is 1. The van der Waals surface area contributed by atoms with Crippen molar-refractivity contribution in [1.82, 2.24) is 9.55 Å². The number of rotatable bonds is 4. The van der Waals surface area contributed by atoms with Gasteiger partial charge in [-0.3, -0.25) is 0 Å². The zero-order chi connectivity index (χ0) is 14.8. The molecule has 2 N–H and O–H groups in total. The van der Waals surface area contributed by atoms with Crippen LogP contribution >= 0.6 is 0 Å². The van der Waals surface area contributed by atoms with Crippen LogP contribution in [0.2, 0.25) is 0 Å². The lowest BCUT2D eigenvalue weighted by Gasteiger charge is -2.13. The van der Waals surface area contributed by atoms with Crippen LogP contribution in [0.25, 0.3) is 22.4 Å². The first-order chi connectivity index (χ1) is 10.2. The van der Waals surface area contributed by atoms with Crippen LogP contribution in [-0.4, -0.2) is 32.5 Å². The standard InChI is InChI=1S/C17H18N2O2/c1-12-5-4-6-13(9-12)17-18-15-7-2-3-8-16(15)19(17)10-14(21)11-20/h2-9,14,20-21H,10-11H2,1H3/t14-/m0/s1. The Bertz CT molecular complexity index is 764. The SMILES string of the molecule is Cc1cccc(-c2nc3ccccc3n2C[C@H](O)CO)c1. The van der Waals surface area contributed by atoms with Gasteiger partial charge in [0, 0.05) is 5.56 Å². The van der Waals surface area contributed by atoms with Crippen LogP contribution in [-0.2, 0) is 6.54 Å². The number of hydrogen-bond acceptors (Lipinski definition) is 3. The highest BCUT2D eigenvalue weighted by Gasteiger charge is 2.15. The monoisotopic (exact) mass is 282 g/mol. The minimum absolute atomic E-state index is 0.264. The molecule has 0 saturated carbocycles. The zero-order valence-electron chi connectivity index (χ0n) is 11.9. The molecule has 0 amide bonds. The summed E-state index contributed by atoms with van der Waals surface area (Å²) >= 11 is 0. The summed E-state index contributed by atoms with van der Waals surface area (Å²) in [4.78, 5) is 4.68. The maximum atomic E-state index is 9.82. The molecule has 4 nitrogen and oxygen atoms in total. The van der Waals surface area contributed by atoms with Crippen LogP contribution < -0.4 is 0 Å². The van der Waals surface area contributed by atoms with Crippen LogP contribution in [0.1, 0.15) is 5.56 Å². The number of aliphatic hydroxyl groups excluding tert-OH is 2. The number of aromatic nitrogens is 2. The van der Waals surface area contributed by atoms with E-state index in [1.165, 1.54) is 0 Å². The third-order valence-electron chi connectivity index (χ3n) is 3.53. The minimum Gasteiger partial charge on any atom is -0.394 e. The lowest BCUT2D eigenvalue weighted by molar-refractivity contribution is 0.0824. The summed E-state index contributed by atoms with van der Waals surface area (Å²) in [5.74, 6) is 0.812. The summed E-state index contributed by atoms with van der Waals surface area (Å²) in [7, 11) is 0. The zero-order valence-corrected chi connectivity index (χ0v) is 11.9. The first-order valence-corrected chi connectivity index (χ1v) is 7.00. The van der Waals surface area contributed by atoms with E-state index in [2.05, 4.69) is 11.1 Å². The van der Waals surface area contributed by atoms with Gasteiger partial charge in [-0.05, 0) is 25.1 Å². The molecule has 0 fully saturated rings. The largest absolute Gasteiger partial charge is 0.394 e. The number of aliphatic hydroxyl groups is 2. The number of hydrogen-bond donors (Lipinski definition) is 2. The molecule has 3 aromatic rings. The molecule has 0 spiro atoms. The molecule has 1 atom stereocenters. The lowest BCUT2D eigenvalue weighted by atomic mass is 10.1. The Morgan fingerprint density at radius 1 is 1.14 bits per heavy atom. The predicted molar refractivity (Wildman–Crippen MR) is 83.0 cm³/mol. The van der Waals surface area contributed by atoms with Crippen LogP contribution in [0.5, 0.6) is 0 Å². The normalized spacial score (nSPS) is 12.7. The number of para-hydroxylation sites is 2. The van der Waals surface area contributed by atoms with Crippen molar-refractivity contribution in [2.24, 2.45) is 0 Å². The maximum Gasteiger partial charge on any atom is 0.141 e. The van der Waals surface area contributed by atoms with E-state index in [-0.39, 0.29) is 6.61 Å². The lowest BCUT2D eigenvalue weighted by Crippen LogP contribution is -2.20. The van der Waals surface area contributed by atoms with Crippen LogP contribution in [0, 0.1) is 6.92 Å². The first-order valence-electron chi connectivity index (χ1n) is 7.00. The fourth-order valence-corrected chi connectivity index (χ4v) is 2.53. The Labute approximate surface area is 123 Å². The summed E-state index contributed by atoms with van der Waals surface area (Å²) in [5, 5.41) is 18.9. The van der Waals surface area contributed by atoms with E-state index in [9.17, 15) is 5.11 Å². The molecule has 1 aromatic heterocycles. The maximum absolute atomic E-state index is 9.82. The summed E-state index contributed by atoms with van der Waals surface area (Å²) in [6.45, 7) is 2.10. The molecule has 0 saturated heterocycles. The van der Waals surface area contributed by atoms with Gasteiger partial charge in [-0.25, -0.2) is 4.98 Å². The number of imidazole rings is 1. The average Bonchev–Trinajstić information content (AvgIpc) is 2.86. The van der Waals surface area contributed by atoms with Gasteiger partial charge < -0.3 is 14.8 Å². The molecule has 0 radical (unpaired) electrons. The van der Waals surface area contributed by atoms with E-state index < -0.39 is 6.10 Å². The van der Waals surface area contributed by atoms with E-state index in [0.29, 0.717) is 6.54 Å². The van der Waals surface area contributed by atoms with Crippen molar-refractivity contribution in [2.45, 2.75) is 19.6 Å². The van der Waals surface area contributed by atoms with E-state index in [0.717, 1.165) is 28.0 Å². The molecule has 0 aliphatic heterocycles. The molecular formula is C17H18N2O2. The number of aryl methyl sites for hydroxylation is 1. The molecule has 1 heterocycles. The second-order valence-corrected chi connectivity index (χ2v) is 5.24. The van der Waals surface area contributed by atoms with Gasteiger partial charge in [0.2, 0.25) is 0 Å². The molecule has 4 heteroatoms. The quantitative estimate of drug-likeness (QED) is 0.772. The third-order valence-corrected chi connectivity index (χ3v) is 3.53. The topological polar surface area (TPSA) is 58.3 Å². The van der Waals surface area contributed by atoms with Crippen molar-refractivity contribution in [2.75, 3.05) is 6.61 Å². The van der Waals surface area contributed by atoms with Crippen molar-refractivity contribution >= 4 is 11.0 Å². The molecule has 3 rings (SSSR count).